The van der Waals surface area contributed by atoms with Gasteiger partial charge in [-0.2, -0.15) is 13.2 Å². The van der Waals surface area contributed by atoms with Crippen molar-refractivity contribution in [2.75, 3.05) is 5.43 Å². The summed E-state index contributed by atoms with van der Waals surface area (Å²) >= 11 is 5.32. The molecule has 0 aromatic carbocycles. The van der Waals surface area contributed by atoms with Gasteiger partial charge in [0.25, 0.3) is 0 Å². The number of halogens is 4. The van der Waals surface area contributed by atoms with Gasteiger partial charge < -0.3 is 0 Å². The predicted molar refractivity (Wildman–Crippen MR) is 43.7 cm³/mol. The summed E-state index contributed by atoms with van der Waals surface area (Å²) in [7, 11) is 0. The van der Waals surface area contributed by atoms with Gasteiger partial charge in [0.05, 0.1) is 10.3 Å². The molecule has 0 fully saturated rings. The molecule has 14 heavy (non-hydrogen) atoms. The van der Waals surface area contributed by atoms with Crippen LogP contribution in [0.3, 0.4) is 0 Å². The Hall–Kier alpha value is -1.37. The van der Waals surface area contributed by atoms with Crippen LogP contribution in [0.4, 0.5) is 19.0 Å². The topological polar surface area (TPSA) is 54.4 Å². The summed E-state index contributed by atoms with van der Waals surface area (Å²) in [5.41, 5.74) is 0.455. The van der Waals surface area contributed by atoms with Gasteiger partial charge in [-0.1, -0.05) is 11.6 Å². The molecule has 0 aliphatic carbocycles. The van der Waals surface area contributed by atoms with Crippen molar-refractivity contribution < 1.29 is 13.2 Å². The van der Waals surface area contributed by atoms with Gasteiger partial charge in [-0.25, -0.2) is 10.4 Å². The van der Waals surface area contributed by atoms with Crippen LogP contribution in [-0.4, -0.2) is 4.98 Å². The highest BCUT2D eigenvalue weighted by Crippen LogP contribution is 2.35. The molecular formula is C6H3ClF3N3O. The van der Waals surface area contributed by atoms with Crippen molar-refractivity contribution in [3.8, 4) is 0 Å². The molecule has 0 saturated carbocycles. The Balaban J connectivity index is 3.22. The number of pyridine rings is 1. The van der Waals surface area contributed by atoms with Gasteiger partial charge in [-0.3, -0.25) is 0 Å². The molecule has 1 heterocycles. The van der Waals surface area contributed by atoms with E-state index in [2.05, 4.69) is 10.3 Å². The first kappa shape index (κ1) is 10.7. The number of alkyl halides is 3. The molecular weight excluding hydrogens is 223 g/mol. The number of rotatable bonds is 2. The van der Waals surface area contributed by atoms with Crippen molar-refractivity contribution in [2.24, 2.45) is 5.29 Å². The lowest BCUT2D eigenvalue weighted by Gasteiger charge is -2.09. The Kier molecular flexibility index (Phi) is 2.90. The largest absolute Gasteiger partial charge is 0.420 e. The third kappa shape index (κ3) is 2.32. The molecule has 0 saturated heterocycles. The number of hydrogen-bond acceptors (Lipinski definition) is 3. The van der Waals surface area contributed by atoms with Gasteiger partial charge in [-0.05, 0) is 6.07 Å². The standard InChI is InChI=1S/C6H3ClF3N3O/c7-3-1-4(6(8,9)10)5(11-2-3)12-13-14/h1-2H,(H,11,12,14). The molecule has 0 amide bonds. The van der Waals surface area contributed by atoms with E-state index in [4.69, 9.17) is 11.6 Å². The van der Waals surface area contributed by atoms with E-state index < -0.39 is 17.6 Å². The van der Waals surface area contributed by atoms with Crippen molar-refractivity contribution in [2.45, 2.75) is 6.18 Å². The summed E-state index contributed by atoms with van der Waals surface area (Å²) < 4.78 is 36.8. The number of anilines is 1. The highest BCUT2D eigenvalue weighted by molar-refractivity contribution is 6.30. The SMILES string of the molecule is O=NNc1ncc(Cl)cc1C(F)(F)F. The summed E-state index contributed by atoms with van der Waals surface area (Å²) in [6, 6.07) is 0.655. The van der Waals surface area contributed by atoms with Crippen LogP contribution in [0.1, 0.15) is 5.56 Å². The zero-order chi connectivity index (χ0) is 10.8. The molecule has 0 aliphatic rings. The third-order valence-electron chi connectivity index (χ3n) is 1.31. The van der Waals surface area contributed by atoms with Crippen LogP contribution in [0, 0.1) is 4.91 Å². The molecule has 76 valence electrons. The molecule has 0 spiro atoms. The zero-order valence-corrected chi connectivity index (χ0v) is 7.23. The van der Waals surface area contributed by atoms with Crippen LogP contribution < -0.4 is 5.43 Å². The maximum atomic E-state index is 12.3. The second-order valence-electron chi connectivity index (χ2n) is 2.25. The van der Waals surface area contributed by atoms with Crippen LogP contribution in [0.15, 0.2) is 17.5 Å². The first-order chi connectivity index (χ1) is 6.45. The number of hydrogen-bond donors (Lipinski definition) is 1. The summed E-state index contributed by atoms with van der Waals surface area (Å²) in [6.07, 6.45) is -3.66. The predicted octanol–water partition coefficient (Wildman–Crippen LogP) is 2.85. The van der Waals surface area contributed by atoms with Crippen molar-refractivity contribution >= 4 is 17.4 Å². The molecule has 0 atom stereocenters. The molecule has 1 rings (SSSR count). The summed E-state index contributed by atoms with van der Waals surface area (Å²) in [6.45, 7) is 0. The van der Waals surface area contributed by atoms with Crippen LogP contribution in [0.25, 0.3) is 0 Å². The molecule has 1 aromatic heterocycles. The fraction of sp³-hybridized carbons (Fsp3) is 0.167. The Morgan fingerprint density at radius 1 is 1.50 bits per heavy atom. The molecule has 1 N–H and O–H groups in total. The normalized spacial score (nSPS) is 11.1. The molecule has 0 aliphatic heterocycles. The second-order valence-corrected chi connectivity index (χ2v) is 2.69. The Bertz CT molecular complexity index is 355. The fourth-order valence-electron chi connectivity index (χ4n) is 0.788. The van der Waals surface area contributed by atoms with Crippen molar-refractivity contribution in [3.05, 3.63) is 27.8 Å². The van der Waals surface area contributed by atoms with E-state index in [9.17, 15) is 18.1 Å². The van der Waals surface area contributed by atoms with Crippen molar-refractivity contribution in [1.29, 1.82) is 0 Å². The summed E-state index contributed by atoms with van der Waals surface area (Å²) in [5.74, 6) is -0.670. The average Bonchev–Trinajstić information content (AvgIpc) is 2.07. The van der Waals surface area contributed by atoms with Gasteiger partial charge in [0.2, 0.25) is 0 Å². The maximum Gasteiger partial charge on any atom is 0.420 e. The van der Waals surface area contributed by atoms with Gasteiger partial charge in [0.1, 0.15) is 5.56 Å². The van der Waals surface area contributed by atoms with Gasteiger partial charge in [0, 0.05) is 6.20 Å². The number of nitroso groups, excluding NO2 is 1. The quantitative estimate of drug-likeness (QED) is 0.622. The van der Waals surface area contributed by atoms with E-state index in [1.165, 1.54) is 0 Å². The average molecular weight is 226 g/mol. The minimum absolute atomic E-state index is 0.172. The van der Waals surface area contributed by atoms with Gasteiger partial charge in [-0.15, -0.1) is 4.91 Å². The lowest BCUT2D eigenvalue weighted by atomic mass is 10.2. The number of nitrogens with one attached hydrogen (secondary N) is 1. The fourth-order valence-corrected chi connectivity index (χ4v) is 0.946. The zero-order valence-electron chi connectivity index (χ0n) is 6.47. The first-order valence-corrected chi connectivity index (χ1v) is 3.64. The van der Waals surface area contributed by atoms with E-state index in [1.54, 1.807) is 5.43 Å². The van der Waals surface area contributed by atoms with E-state index in [0.29, 0.717) is 6.07 Å². The van der Waals surface area contributed by atoms with Gasteiger partial charge in [0.15, 0.2) is 5.82 Å². The lowest BCUT2D eigenvalue weighted by Crippen LogP contribution is -2.09. The van der Waals surface area contributed by atoms with E-state index >= 15 is 0 Å². The van der Waals surface area contributed by atoms with E-state index in [-0.39, 0.29) is 5.02 Å². The Morgan fingerprint density at radius 3 is 2.64 bits per heavy atom. The third-order valence-corrected chi connectivity index (χ3v) is 1.52. The first-order valence-electron chi connectivity index (χ1n) is 3.26. The Morgan fingerprint density at radius 2 is 2.14 bits per heavy atom. The summed E-state index contributed by atoms with van der Waals surface area (Å²) in [5, 5.41) is 1.93. The molecule has 0 bridgehead atoms. The van der Waals surface area contributed by atoms with Crippen LogP contribution in [-0.2, 0) is 6.18 Å². The van der Waals surface area contributed by atoms with Crippen molar-refractivity contribution in [3.63, 3.8) is 0 Å². The lowest BCUT2D eigenvalue weighted by molar-refractivity contribution is -0.137. The molecule has 1 aromatic rings. The highest BCUT2D eigenvalue weighted by atomic mass is 35.5. The minimum atomic E-state index is -4.63. The second kappa shape index (κ2) is 3.79. The molecule has 0 unspecified atom stereocenters. The molecule has 0 radical (unpaired) electrons. The van der Waals surface area contributed by atoms with Gasteiger partial charge >= 0.3 is 6.18 Å². The van der Waals surface area contributed by atoms with E-state index in [0.717, 1.165) is 6.20 Å². The molecule has 8 heteroatoms. The number of nitrogens with zero attached hydrogens (tertiary/aromatic N) is 2. The van der Waals surface area contributed by atoms with Crippen molar-refractivity contribution in [1.82, 2.24) is 4.98 Å². The van der Waals surface area contributed by atoms with Crippen LogP contribution >= 0.6 is 11.6 Å². The maximum absolute atomic E-state index is 12.3. The van der Waals surface area contributed by atoms with Crippen LogP contribution in [0.5, 0.6) is 0 Å². The summed E-state index contributed by atoms with van der Waals surface area (Å²) in [4.78, 5) is 13.0. The smallest absolute Gasteiger partial charge is 0.235 e. The number of aromatic nitrogens is 1. The molecule has 4 nitrogen and oxygen atoms in total. The monoisotopic (exact) mass is 225 g/mol. The highest BCUT2D eigenvalue weighted by Gasteiger charge is 2.34. The van der Waals surface area contributed by atoms with E-state index in [1.807, 2.05) is 0 Å². The Labute approximate surface area is 81.0 Å². The van der Waals surface area contributed by atoms with Crippen LogP contribution in [0.2, 0.25) is 5.02 Å². The minimum Gasteiger partial charge on any atom is -0.235 e.